The highest BCUT2D eigenvalue weighted by molar-refractivity contribution is 7.08. The van der Waals surface area contributed by atoms with Crippen molar-refractivity contribution in [3.8, 4) is 11.4 Å². The van der Waals surface area contributed by atoms with Gasteiger partial charge in [-0.05, 0) is 11.4 Å². The minimum Gasteiger partial charge on any atom is -0.340 e. The van der Waals surface area contributed by atoms with Gasteiger partial charge in [-0.2, -0.15) is 16.3 Å². The van der Waals surface area contributed by atoms with Gasteiger partial charge < -0.3 is 9.42 Å². The third kappa shape index (κ3) is 2.88. The SMILES string of the molecule is CC(=O)N1CCN(Cc2nc(-c3ccsc3)no2)CC1. The van der Waals surface area contributed by atoms with Crippen LogP contribution in [-0.2, 0) is 11.3 Å². The van der Waals surface area contributed by atoms with Crippen molar-refractivity contribution in [3.63, 3.8) is 0 Å². The van der Waals surface area contributed by atoms with E-state index in [0.29, 0.717) is 18.3 Å². The molecule has 6 nitrogen and oxygen atoms in total. The maximum atomic E-state index is 11.3. The maximum absolute atomic E-state index is 11.3. The number of thiophene rings is 1. The van der Waals surface area contributed by atoms with E-state index in [2.05, 4.69) is 15.0 Å². The Hall–Kier alpha value is -1.73. The Balaban J connectivity index is 1.58. The van der Waals surface area contributed by atoms with Crippen molar-refractivity contribution in [3.05, 3.63) is 22.7 Å². The van der Waals surface area contributed by atoms with Crippen molar-refractivity contribution >= 4 is 17.2 Å². The molecule has 0 atom stereocenters. The van der Waals surface area contributed by atoms with Gasteiger partial charge in [0.15, 0.2) is 0 Å². The lowest BCUT2D eigenvalue weighted by molar-refractivity contribution is -0.130. The van der Waals surface area contributed by atoms with E-state index in [1.54, 1.807) is 18.3 Å². The van der Waals surface area contributed by atoms with E-state index in [0.717, 1.165) is 31.7 Å². The first-order valence-corrected chi connectivity index (χ1v) is 7.49. The molecule has 106 valence electrons. The zero-order valence-corrected chi connectivity index (χ0v) is 12.1. The third-order valence-electron chi connectivity index (χ3n) is 3.42. The number of hydrogen-bond donors (Lipinski definition) is 0. The average Bonchev–Trinajstić information content (AvgIpc) is 3.09. The number of hydrogen-bond acceptors (Lipinski definition) is 6. The van der Waals surface area contributed by atoms with E-state index < -0.39 is 0 Å². The van der Waals surface area contributed by atoms with E-state index >= 15 is 0 Å². The molecule has 3 rings (SSSR count). The highest BCUT2D eigenvalue weighted by Gasteiger charge is 2.20. The molecule has 1 aliphatic heterocycles. The second-order valence-corrected chi connectivity index (χ2v) is 5.59. The number of carbonyl (C=O) groups is 1. The minimum atomic E-state index is 0.141. The molecule has 20 heavy (non-hydrogen) atoms. The quantitative estimate of drug-likeness (QED) is 0.857. The number of rotatable bonds is 3. The summed E-state index contributed by atoms with van der Waals surface area (Å²) in [6, 6.07) is 1.98. The van der Waals surface area contributed by atoms with Gasteiger partial charge in [0.1, 0.15) is 0 Å². The molecule has 0 saturated carbocycles. The fourth-order valence-electron chi connectivity index (χ4n) is 2.24. The predicted octanol–water partition coefficient (Wildman–Crippen LogP) is 1.46. The lowest BCUT2D eigenvalue weighted by atomic mass is 10.3. The van der Waals surface area contributed by atoms with Crippen molar-refractivity contribution < 1.29 is 9.32 Å². The van der Waals surface area contributed by atoms with Gasteiger partial charge in [0.25, 0.3) is 0 Å². The van der Waals surface area contributed by atoms with Gasteiger partial charge in [-0.1, -0.05) is 5.16 Å². The first-order valence-electron chi connectivity index (χ1n) is 6.55. The van der Waals surface area contributed by atoms with Crippen molar-refractivity contribution in [2.24, 2.45) is 0 Å². The van der Waals surface area contributed by atoms with E-state index in [1.165, 1.54) is 0 Å². The van der Waals surface area contributed by atoms with Crippen molar-refractivity contribution in [1.29, 1.82) is 0 Å². The molecule has 0 aromatic carbocycles. The highest BCUT2D eigenvalue weighted by Crippen LogP contribution is 2.19. The van der Waals surface area contributed by atoms with Gasteiger partial charge in [0, 0.05) is 44.0 Å². The van der Waals surface area contributed by atoms with E-state index in [4.69, 9.17) is 4.52 Å². The van der Waals surface area contributed by atoms with E-state index in [9.17, 15) is 4.79 Å². The molecule has 1 fully saturated rings. The van der Waals surface area contributed by atoms with Crippen molar-refractivity contribution in [1.82, 2.24) is 19.9 Å². The molecular weight excluding hydrogens is 276 g/mol. The monoisotopic (exact) mass is 292 g/mol. The molecule has 0 N–H and O–H groups in total. The number of aromatic nitrogens is 2. The summed E-state index contributed by atoms with van der Waals surface area (Å²) in [4.78, 5) is 19.8. The summed E-state index contributed by atoms with van der Waals surface area (Å²) < 4.78 is 5.29. The number of piperazine rings is 1. The van der Waals surface area contributed by atoms with Crippen LogP contribution in [0, 0.1) is 0 Å². The maximum Gasteiger partial charge on any atom is 0.241 e. The zero-order chi connectivity index (χ0) is 13.9. The molecule has 1 amide bonds. The zero-order valence-electron chi connectivity index (χ0n) is 11.3. The molecule has 0 radical (unpaired) electrons. The molecule has 0 spiro atoms. The number of carbonyl (C=O) groups excluding carboxylic acids is 1. The second-order valence-electron chi connectivity index (χ2n) is 4.81. The normalized spacial score (nSPS) is 16.6. The summed E-state index contributed by atoms with van der Waals surface area (Å²) in [5.74, 6) is 1.41. The summed E-state index contributed by atoms with van der Waals surface area (Å²) in [5, 5.41) is 7.99. The van der Waals surface area contributed by atoms with Crippen LogP contribution in [-0.4, -0.2) is 52.0 Å². The lowest BCUT2D eigenvalue weighted by Gasteiger charge is -2.33. The Bertz CT molecular complexity index is 573. The van der Waals surface area contributed by atoms with Crippen LogP contribution in [0.5, 0.6) is 0 Å². The summed E-state index contributed by atoms with van der Waals surface area (Å²) in [6.45, 7) is 5.47. The molecule has 1 saturated heterocycles. The standard InChI is InChI=1S/C13H16N4O2S/c1-10(18)17-5-3-16(4-6-17)8-12-14-13(15-19-12)11-2-7-20-9-11/h2,7,9H,3-6,8H2,1H3. The van der Waals surface area contributed by atoms with E-state index in [1.807, 2.05) is 21.7 Å². The van der Waals surface area contributed by atoms with Crippen molar-refractivity contribution in [2.45, 2.75) is 13.5 Å². The summed E-state index contributed by atoms with van der Waals surface area (Å²) in [6.07, 6.45) is 0. The van der Waals surface area contributed by atoms with Crippen LogP contribution < -0.4 is 0 Å². The highest BCUT2D eigenvalue weighted by atomic mass is 32.1. The topological polar surface area (TPSA) is 62.5 Å². The van der Waals surface area contributed by atoms with Crippen LogP contribution >= 0.6 is 11.3 Å². The second kappa shape index (κ2) is 5.72. The van der Waals surface area contributed by atoms with Gasteiger partial charge in [0.05, 0.1) is 6.54 Å². The van der Waals surface area contributed by atoms with Crippen LogP contribution in [0.2, 0.25) is 0 Å². The van der Waals surface area contributed by atoms with Crippen LogP contribution in [0.25, 0.3) is 11.4 Å². The molecule has 2 aromatic rings. The molecule has 7 heteroatoms. The molecule has 0 unspecified atom stereocenters. The summed E-state index contributed by atoms with van der Waals surface area (Å²) >= 11 is 1.61. The molecule has 2 aromatic heterocycles. The molecule has 1 aliphatic rings. The van der Waals surface area contributed by atoms with Crippen molar-refractivity contribution in [2.75, 3.05) is 26.2 Å². The molecule has 0 aliphatic carbocycles. The minimum absolute atomic E-state index is 0.141. The summed E-state index contributed by atoms with van der Waals surface area (Å²) in [7, 11) is 0. The Morgan fingerprint density at radius 3 is 2.85 bits per heavy atom. The lowest BCUT2D eigenvalue weighted by Crippen LogP contribution is -2.47. The van der Waals surface area contributed by atoms with Crippen LogP contribution in [0.15, 0.2) is 21.3 Å². The van der Waals surface area contributed by atoms with Crippen LogP contribution in [0.4, 0.5) is 0 Å². The smallest absolute Gasteiger partial charge is 0.241 e. The van der Waals surface area contributed by atoms with Gasteiger partial charge >= 0.3 is 0 Å². The fourth-order valence-corrected chi connectivity index (χ4v) is 2.87. The van der Waals surface area contributed by atoms with Gasteiger partial charge in [0.2, 0.25) is 17.6 Å². The molecule has 3 heterocycles. The summed E-state index contributed by atoms with van der Waals surface area (Å²) in [5.41, 5.74) is 0.992. The Morgan fingerprint density at radius 1 is 1.40 bits per heavy atom. The number of amides is 1. The molecule has 0 bridgehead atoms. The Labute approximate surface area is 121 Å². The fraction of sp³-hybridized carbons (Fsp3) is 0.462. The third-order valence-corrected chi connectivity index (χ3v) is 4.11. The predicted molar refractivity (Wildman–Crippen MR) is 75.1 cm³/mol. The van der Waals surface area contributed by atoms with Gasteiger partial charge in [-0.25, -0.2) is 0 Å². The first kappa shape index (κ1) is 13.3. The molecular formula is C13H16N4O2S. The number of nitrogens with zero attached hydrogens (tertiary/aromatic N) is 4. The van der Waals surface area contributed by atoms with Gasteiger partial charge in [-0.3, -0.25) is 9.69 Å². The van der Waals surface area contributed by atoms with Crippen LogP contribution in [0.1, 0.15) is 12.8 Å². The Kier molecular flexibility index (Phi) is 3.79. The van der Waals surface area contributed by atoms with E-state index in [-0.39, 0.29) is 5.91 Å². The first-order chi connectivity index (χ1) is 9.72. The average molecular weight is 292 g/mol. The largest absolute Gasteiger partial charge is 0.340 e. The Morgan fingerprint density at radius 2 is 2.20 bits per heavy atom. The van der Waals surface area contributed by atoms with Crippen LogP contribution in [0.3, 0.4) is 0 Å². The van der Waals surface area contributed by atoms with Gasteiger partial charge in [-0.15, -0.1) is 0 Å².